The Bertz CT molecular complexity index is 455. The van der Waals surface area contributed by atoms with Crippen molar-refractivity contribution in [3.05, 3.63) is 28.2 Å². The van der Waals surface area contributed by atoms with Crippen molar-refractivity contribution in [2.24, 2.45) is 10.2 Å². The van der Waals surface area contributed by atoms with Gasteiger partial charge in [0, 0.05) is 16.6 Å². The van der Waals surface area contributed by atoms with Crippen LogP contribution in [0.25, 0.3) is 0 Å². The second-order valence-corrected chi connectivity index (χ2v) is 4.25. The van der Waals surface area contributed by atoms with Crippen molar-refractivity contribution < 1.29 is 9.84 Å². The lowest BCUT2D eigenvalue weighted by Crippen LogP contribution is -2.25. The predicted octanol–water partition coefficient (Wildman–Crippen LogP) is 2.53. The molecule has 0 radical (unpaired) electrons. The van der Waals surface area contributed by atoms with E-state index in [2.05, 4.69) is 10.2 Å². The molecule has 4 nitrogen and oxygen atoms in total. The van der Waals surface area contributed by atoms with Gasteiger partial charge in [0.25, 0.3) is 0 Å². The third-order valence-electron chi connectivity index (χ3n) is 1.61. The standard InChI is InChI=1S/C11H12Cl2N2O2/c1-7(2)14-15-11(16)6-17-10-4-3-8(12)5-9(10)13/h3-5H,6H2,1-2H3,(H,15,16)/p-1. The number of nitrogens with zero attached hydrogens (tertiary/aromatic N) is 2. The monoisotopic (exact) mass is 273 g/mol. The van der Waals surface area contributed by atoms with Gasteiger partial charge in [-0.3, -0.25) is 0 Å². The van der Waals surface area contributed by atoms with Gasteiger partial charge < -0.3 is 9.84 Å². The van der Waals surface area contributed by atoms with Crippen LogP contribution >= 0.6 is 23.2 Å². The van der Waals surface area contributed by atoms with Crippen molar-refractivity contribution in [2.45, 2.75) is 13.8 Å². The Labute approximate surface area is 110 Å². The van der Waals surface area contributed by atoms with Gasteiger partial charge in [0.15, 0.2) is 0 Å². The fourth-order valence-electron chi connectivity index (χ4n) is 0.916. The van der Waals surface area contributed by atoms with Crippen LogP contribution in [0, 0.1) is 0 Å². The Kier molecular flexibility index (Phi) is 5.25. The topological polar surface area (TPSA) is 57.0 Å². The van der Waals surface area contributed by atoms with Crippen LogP contribution in [0.2, 0.25) is 10.0 Å². The molecule has 0 N–H and O–H groups in total. The molecule has 0 aromatic heterocycles. The van der Waals surface area contributed by atoms with Crippen molar-refractivity contribution in [3.63, 3.8) is 0 Å². The van der Waals surface area contributed by atoms with Gasteiger partial charge in [0.1, 0.15) is 12.4 Å². The lowest BCUT2D eigenvalue weighted by atomic mass is 10.3. The van der Waals surface area contributed by atoms with Crippen LogP contribution in [0.5, 0.6) is 5.75 Å². The molecule has 17 heavy (non-hydrogen) atoms. The number of ether oxygens (including phenoxy) is 1. The smallest absolute Gasteiger partial charge is 0.138 e. The first-order valence-corrected chi connectivity index (χ1v) is 5.57. The van der Waals surface area contributed by atoms with Gasteiger partial charge in [0.2, 0.25) is 0 Å². The highest BCUT2D eigenvalue weighted by molar-refractivity contribution is 6.35. The largest absolute Gasteiger partial charge is 0.858 e. The highest BCUT2D eigenvalue weighted by Gasteiger charge is 2.01. The van der Waals surface area contributed by atoms with Crippen LogP contribution in [0.1, 0.15) is 13.8 Å². The SMILES string of the molecule is CC(C)=NN=C([O-])COc1ccc(Cl)cc1Cl. The van der Waals surface area contributed by atoms with Crippen LogP contribution in [-0.2, 0) is 0 Å². The maximum Gasteiger partial charge on any atom is 0.138 e. The first-order valence-electron chi connectivity index (χ1n) is 4.81. The molecular formula is C11H11Cl2N2O2-. The highest BCUT2D eigenvalue weighted by atomic mass is 35.5. The van der Waals surface area contributed by atoms with E-state index in [1.54, 1.807) is 26.0 Å². The minimum absolute atomic E-state index is 0.210. The van der Waals surface area contributed by atoms with E-state index in [9.17, 15) is 5.11 Å². The molecule has 0 spiro atoms. The van der Waals surface area contributed by atoms with Gasteiger partial charge in [-0.25, -0.2) is 0 Å². The number of hydrogen-bond acceptors (Lipinski definition) is 4. The maximum atomic E-state index is 11.2. The van der Waals surface area contributed by atoms with Gasteiger partial charge >= 0.3 is 0 Å². The molecular weight excluding hydrogens is 263 g/mol. The second kappa shape index (κ2) is 6.47. The molecule has 0 bridgehead atoms. The molecule has 0 unspecified atom stereocenters. The van der Waals surface area contributed by atoms with Crippen molar-refractivity contribution in [1.29, 1.82) is 0 Å². The summed E-state index contributed by atoms with van der Waals surface area (Å²) < 4.78 is 5.18. The minimum atomic E-state index is -0.475. The quantitative estimate of drug-likeness (QED) is 0.481. The Balaban J connectivity index is 2.62. The van der Waals surface area contributed by atoms with E-state index in [-0.39, 0.29) is 6.61 Å². The van der Waals surface area contributed by atoms with E-state index in [1.807, 2.05) is 0 Å². The summed E-state index contributed by atoms with van der Waals surface area (Å²) >= 11 is 11.6. The predicted molar refractivity (Wildman–Crippen MR) is 68.2 cm³/mol. The maximum absolute atomic E-state index is 11.2. The molecule has 0 amide bonds. The summed E-state index contributed by atoms with van der Waals surface area (Å²) in [7, 11) is 0. The van der Waals surface area contributed by atoms with Crippen molar-refractivity contribution in [1.82, 2.24) is 0 Å². The summed E-state index contributed by atoms with van der Waals surface area (Å²) in [4.78, 5) is 0. The Morgan fingerprint density at radius 2 is 2.00 bits per heavy atom. The molecule has 6 heteroatoms. The van der Waals surface area contributed by atoms with Gasteiger partial charge in [-0.1, -0.05) is 23.2 Å². The second-order valence-electron chi connectivity index (χ2n) is 3.40. The number of rotatable bonds is 4. The van der Waals surface area contributed by atoms with E-state index in [1.165, 1.54) is 6.07 Å². The summed E-state index contributed by atoms with van der Waals surface area (Å²) in [5, 5.41) is 19.2. The van der Waals surface area contributed by atoms with Crippen LogP contribution in [0.3, 0.4) is 0 Å². The van der Waals surface area contributed by atoms with Crippen molar-refractivity contribution in [3.8, 4) is 5.75 Å². The van der Waals surface area contributed by atoms with E-state index in [4.69, 9.17) is 27.9 Å². The van der Waals surface area contributed by atoms with Crippen molar-refractivity contribution >= 4 is 34.8 Å². The number of hydrogen-bond donors (Lipinski definition) is 0. The molecule has 1 aromatic carbocycles. The normalized spacial score (nSPS) is 11.2. The molecule has 92 valence electrons. The average Bonchev–Trinajstić information content (AvgIpc) is 2.25. The third kappa shape index (κ3) is 5.06. The molecule has 1 aromatic rings. The van der Waals surface area contributed by atoms with Crippen LogP contribution in [0.4, 0.5) is 0 Å². The first-order chi connectivity index (χ1) is 7.99. The number of halogens is 2. The molecule has 0 aliphatic heterocycles. The lowest BCUT2D eigenvalue weighted by Gasteiger charge is -2.11. The highest BCUT2D eigenvalue weighted by Crippen LogP contribution is 2.27. The van der Waals surface area contributed by atoms with Crippen molar-refractivity contribution in [2.75, 3.05) is 6.61 Å². The van der Waals surface area contributed by atoms with Gasteiger partial charge in [-0.05, 0) is 32.0 Å². The summed E-state index contributed by atoms with van der Waals surface area (Å²) in [6, 6.07) is 4.75. The molecule has 0 aliphatic rings. The summed E-state index contributed by atoms with van der Waals surface area (Å²) in [5.41, 5.74) is 0.697. The summed E-state index contributed by atoms with van der Waals surface area (Å²) in [5.74, 6) is -0.0889. The van der Waals surface area contributed by atoms with Gasteiger partial charge in [-0.15, -0.1) is 0 Å². The van der Waals surface area contributed by atoms with Crippen LogP contribution in [0.15, 0.2) is 28.4 Å². The van der Waals surface area contributed by atoms with Crippen LogP contribution in [-0.4, -0.2) is 18.2 Å². The average molecular weight is 274 g/mol. The van der Waals surface area contributed by atoms with Crippen LogP contribution < -0.4 is 9.84 Å². The molecule has 0 atom stereocenters. The van der Waals surface area contributed by atoms with E-state index in [0.717, 1.165) is 0 Å². The molecule has 1 rings (SSSR count). The molecule has 0 fully saturated rings. The minimum Gasteiger partial charge on any atom is -0.858 e. The van der Waals surface area contributed by atoms with E-state index >= 15 is 0 Å². The molecule has 0 aliphatic carbocycles. The summed E-state index contributed by atoms with van der Waals surface area (Å²) in [6.07, 6.45) is 0. The molecule has 0 heterocycles. The zero-order valence-electron chi connectivity index (χ0n) is 9.41. The zero-order chi connectivity index (χ0) is 12.8. The fourth-order valence-corrected chi connectivity index (χ4v) is 1.38. The number of benzene rings is 1. The van der Waals surface area contributed by atoms with Gasteiger partial charge in [0.05, 0.1) is 5.02 Å². The van der Waals surface area contributed by atoms with Gasteiger partial charge in [-0.2, -0.15) is 10.2 Å². The Morgan fingerprint density at radius 1 is 1.29 bits per heavy atom. The van der Waals surface area contributed by atoms with E-state index in [0.29, 0.717) is 21.5 Å². The molecule has 0 saturated carbocycles. The first kappa shape index (κ1) is 13.8. The Morgan fingerprint density at radius 3 is 2.59 bits per heavy atom. The molecule has 0 saturated heterocycles. The fraction of sp³-hybridized carbons (Fsp3) is 0.273. The summed E-state index contributed by atoms with van der Waals surface area (Å²) in [6.45, 7) is 3.28. The Hall–Kier alpha value is -1.26. The van der Waals surface area contributed by atoms with E-state index < -0.39 is 5.90 Å². The third-order valence-corrected chi connectivity index (χ3v) is 2.14. The zero-order valence-corrected chi connectivity index (χ0v) is 10.9. The lowest BCUT2D eigenvalue weighted by molar-refractivity contribution is -0.221.